The Kier molecular flexibility index (Phi) is 11.6. The molecule has 1 aliphatic carbocycles. The fourth-order valence-electron chi connectivity index (χ4n) is 4.63. The zero-order valence-corrected chi connectivity index (χ0v) is 23.5. The molecule has 0 heterocycles. The highest BCUT2D eigenvalue weighted by atomic mass is 19.2. The molecule has 2 atom stereocenters. The summed E-state index contributed by atoms with van der Waals surface area (Å²) in [4.78, 5) is 43.8. The van der Waals surface area contributed by atoms with Crippen molar-refractivity contribution >= 4 is 23.6 Å². The van der Waals surface area contributed by atoms with Crippen LogP contribution in [0.2, 0.25) is 0 Å². The predicted molar refractivity (Wildman–Crippen MR) is 148 cm³/mol. The fourth-order valence-corrected chi connectivity index (χ4v) is 4.63. The molecule has 0 bridgehead atoms. The van der Waals surface area contributed by atoms with E-state index in [9.17, 15) is 28.3 Å². The number of hydrogen-bond donors (Lipinski definition) is 2. The number of halogens is 2. The van der Waals surface area contributed by atoms with Crippen molar-refractivity contribution in [3.8, 4) is 0 Å². The van der Waals surface area contributed by atoms with Crippen molar-refractivity contribution in [2.45, 2.75) is 64.6 Å². The first-order valence-electron chi connectivity index (χ1n) is 13.7. The molecule has 224 valence electrons. The topological polar surface area (TPSA) is 126 Å². The van der Waals surface area contributed by atoms with Crippen LogP contribution in [-0.2, 0) is 25.6 Å². The maximum atomic E-state index is 14.4. The van der Waals surface area contributed by atoms with Crippen molar-refractivity contribution in [2.24, 2.45) is 5.73 Å². The Bertz CT molecular complexity index is 1180. The van der Waals surface area contributed by atoms with Gasteiger partial charge >= 0.3 is 6.09 Å². The lowest BCUT2D eigenvalue weighted by atomic mass is 10.1. The molecule has 0 aliphatic heterocycles. The lowest BCUT2D eigenvalue weighted by Crippen LogP contribution is -2.59. The second-order valence-electron chi connectivity index (χ2n) is 9.69. The number of rotatable bonds is 15. The third-order valence-corrected chi connectivity index (χ3v) is 6.81. The van der Waals surface area contributed by atoms with Crippen LogP contribution in [0.25, 0.3) is 0 Å². The molecular weight excluding hydrogens is 538 g/mol. The SMILES string of the molecule is CCOC(CN(C(=O)C(C)N(C(=O)C(CN)N(Cc1ccccc1)C(=O)O)c1ccc(F)c(F)c1)C1CC1)OCC. The quantitative estimate of drug-likeness (QED) is 0.311. The zero-order valence-electron chi connectivity index (χ0n) is 23.5. The molecule has 3 rings (SSSR count). The van der Waals surface area contributed by atoms with Crippen molar-refractivity contribution in [3.05, 3.63) is 65.7 Å². The minimum absolute atomic E-state index is 0.102. The molecule has 0 aromatic heterocycles. The highest BCUT2D eigenvalue weighted by molar-refractivity contribution is 6.04. The second-order valence-corrected chi connectivity index (χ2v) is 9.69. The molecule has 0 saturated heterocycles. The fraction of sp³-hybridized carbons (Fsp3) is 0.483. The number of nitrogens with zero attached hydrogens (tertiary/aromatic N) is 3. The Hall–Kier alpha value is -3.61. The molecule has 41 heavy (non-hydrogen) atoms. The van der Waals surface area contributed by atoms with Crippen LogP contribution in [0.1, 0.15) is 39.2 Å². The van der Waals surface area contributed by atoms with Crippen LogP contribution in [0.4, 0.5) is 19.3 Å². The number of hydrogen-bond acceptors (Lipinski definition) is 6. The van der Waals surface area contributed by atoms with Gasteiger partial charge in [0, 0.05) is 44.1 Å². The molecule has 0 radical (unpaired) electrons. The van der Waals surface area contributed by atoms with Gasteiger partial charge in [0.05, 0.1) is 6.54 Å². The standard InChI is InChI=1S/C29H38F2N4O6/c1-4-40-26(41-5-2)18-33(21-11-12-21)27(36)19(3)35(22-13-14-23(30)24(31)15-22)28(37)25(16-32)34(29(38)39)17-20-9-7-6-8-10-20/h6-10,13-15,19,21,25-26H,4-5,11-12,16-18,32H2,1-3H3,(H,38,39). The second kappa shape index (κ2) is 14.9. The Morgan fingerprint density at radius 3 is 2.15 bits per heavy atom. The number of anilines is 1. The molecular formula is C29H38F2N4O6. The van der Waals surface area contributed by atoms with Gasteiger partial charge in [-0.05, 0) is 51.3 Å². The van der Waals surface area contributed by atoms with Gasteiger partial charge in [-0.15, -0.1) is 0 Å². The van der Waals surface area contributed by atoms with E-state index in [2.05, 4.69) is 0 Å². The van der Waals surface area contributed by atoms with Crippen molar-refractivity contribution < 1.29 is 37.7 Å². The third kappa shape index (κ3) is 8.21. The molecule has 2 aromatic rings. The largest absolute Gasteiger partial charge is 0.465 e. The van der Waals surface area contributed by atoms with Crippen LogP contribution in [0.3, 0.4) is 0 Å². The number of carbonyl (C=O) groups is 3. The Morgan fingerprint density at radius 1 is 1.00 bits per heavy atom. The van der Waals surface area contributed by atoms with E-state index in [1.807, 2.05) is 0 Å². The average Bonchev–Trinajstić information content (AvgIpc) is 3.79. The summed E-state index contributed by atoms with van der Waals surface area (Å²) in [6, 6.07) is 8.70. The summed E-state index contributed by atoms with van der Waals surface area (Å²) < 4.78 is 39.5. The molecule has 12 heteroatoms. The van der Waals surface area contributed by atoms with Crippen LogP contribution in [0, 0.1) is 11.6 Å². The Balaban J connectivity index is 2.00. The molecule has 2 aromatic carbocycles. The first-order chi connectivity index (χ1) is 19.6. The normalized spacial score (nSPS) is 14.4. The van der Waals surface area contributed by atoms with E-state index >= 15 is 0 Å². The number of ether oxygens (including phenoxy) is 2. The highest BCUT2D eigenvalue weighted by Gasteiger charge is 2.42. The monoisotopic (exact) mass is 576 g/mol. The number of carbonyl (C=O) groups excluding carboxylic acids is 2. The van der Waals surface area contributed by atoms with Gasteiger partial charge in [-0.25, -0.2) is 13.6 Å². The summed E-state index contributed by atoms with van der Waals surface area (Å²) in [5.74, 6) is -3.69. The van der Waals surface area contributed by atoms with Gasteiger partial charge in [0.15, 0.2) is 17.9 Å². The maximum Gasteiger partial charge on any atom is 0.408 e. The Labute approximate surface area is 238 Å². The summed E-state index contributed by atoms with van der Waals surface area (Å²) in [6.45, 7) is 5.32. The van der Waals surface area contributed by atoms with Crippen molar-refractivity contribution in [3.63, 3.8) is 0 Å². The first-order valence-corrected chi connectivity index (χ1v) is 13.7. The third-order valence-electron chi connectivity index (χ3n) is 6.81. The average molecular weight is 577 g/mol. The minimum Gasteiger partial charge on any atom is -0.465 e. The lowest BCUT2D eigenvalue weighted by Gasteiger charge is -2.37. The lowest BCUT2D eigenvalue weighted by molar-refractivity contribution is -0.160. The zero-order chi connectivity index (χ0) is 30.1. The summed E-state index contributed by atoms with van der Waals surface area (Å²) in [7, 11) is 0. The van der Waals surface area contributed by atoms with E-state index in [4.69, 9.17) is 15.2 Å². The molecule has 1 saturated carbocycles. The molecule has 10 nitrogen and oxygen atoms in total. The van der Waals surface area contributed by atoms with Crippen LogP contribution >= 0.6 is 0 Å². The van der Waals surface area contributed by atoms with E-state index in [-0.39, 0.29) is 24.8 Å². The first kappa shape index (κ1) is 31.9. The van der Waals surface area contributed by atoms with Gasteiger partial charge in [-0.3, -0.25) is 19.4 Å². The van der Waals surface area contributed by atoms with E-state index in [0.29, 0.717) is 18.8 Å². The van der Waals surface area contributed by atoms with Crippen LogP contribution in [0.15, 0.2) is 48.5 Å². The number of nitrogens with two attached hydrogens (primary N) is 1. The van der Waals surface area contributed by atoms with Crippen LogP contribution < -0.4 is 10.6 Å². The van der Waals surface area contributed by atoms with E-state index in [1.165, 1.54) is 13.0 Å². The van der Waals surface area contributed by atoms with Gasteiger partial charge in [-0.2, -0.15) is 0 Å². The number of carboxylic acid groups (broad SMARTS) is 1. The smallest absolute Gasteiger partial charge is 0.408 e. The van der Waals surface area contributed by atoms with E-state index in [0.717, 1.165) is 34.8 Å². The molecule has 3 amide bonds. The summed E-state index contributed by atoms with van der Waals surface area (Å²) >= 11 is 0. The minimum atomic E-state index is -1.43. The molecule has 2 unspecified atom stereocenters. The summed E-state index contributed by atoms with van der Waals surface area (Å²) in [5.41, 5.74) is 6.45. The van der Waals surface area contributed by atoms with Crippen LogP contribution in [0.5, 0.6) is 0 Å². The van der Waals surface area contributed by atoms with Crippen LogP contribution in [-0.4, -0.2) is 83.5 Å². The number of benzene rings is 2. The molecule has 1 aliphatic rings. The molecule has 0 spiro atoms. The van der Waals surface area contributed by atoms with Crippen molar-refractivity contribution in [1.82, 2.24) is 9.80 Å². The van der Waals surface area contributed by atoms with Gasteiger partial charge in [0.25, 0.3) is 5.91 Å². The van der Waals surface area contributed by atoms with Gasteiger partial charge < -0.3 is 25.2 Å². The van der Waals surface area contributed by atoms with Gasteiger partial charge in [-0.1, -0.05) is 30.3 Å². The number of amides is 3. The van der Waals surface area contributed by atoms with E-state index in [1.54, 1.807) is 49.1 Å². The summed E-state index contributed by atoms with van der Waals surface area (Å²) in [5, 5.41) is 10.0. The van der Waals surface area contributed by atoms with Gasteiger partial charge in [0.1, 0.15) is 12.1 Å². The van der Waals surface area contributed by atoms with E-state index < -0.39 is 54.5 Å². The predicted octanol–water partition coefficient (Wildman–Crippen LogP) is 3.58. The molecule has 3 N–H and O–H groups in total. The van der Waals surface area contributed by atoms with Gasteiger partial charge in [0.2, 0.25) is 5.91 Å². The van der Waals surface area contributed by atoms with Crippen molar-refractivity contribution in [2.75, 3.05) is 31.2 Å². The van der Waals surface area contributed by atoms with Crippen molar-refractivity contribution in [1.29, 1.82) is 0 Å². The summed E-state index contributed by atoms with van der Waals surface area (Å²) in [6.07, 6.45) is -0.604. The Morgan fingerprint density at radius 2 is 1.63 bits per heavy atom. The highest BCUT2D eigenvalue weighted by Crippen LogP contribution is 2.30. The molecule has 1 fully saturated rings. The maximum absolute atomic E-state index is 14.4.